The van der Waals surface area contributed by atoms with Crippen molar-refractivity contribution in [2.24, 2.45) is 0 Å². The van der Waals surface area contributed by atoms with Crippen molar-refractivity contribution in [2.45, 2.75) is 19.1 Å². The number of aromatic amines is 1. The van der Waals surface area contributed by atoms with Crippen molar-refractivity contribution in [3.05, 3.63) is 20.8 Å². The maximum atomic E-state index is 12.0. The Bertz CT molecular complexity index is 564. The van der Waals surface area contributed by atoms with Crippen LogP contribution >= 0.6 is 0 Å². The number of halogens is 3. The first kappa shape index (κ1) is 16.1. The number of hydrogen-bond donors (Lipinski definition) is 3. The molecule has 10 heteroatoms. The van der Waals surface area contributed by atoms with Crippen LogP contribution in [0.5, 0.6) is 0 Å². The van der Waals surface area contributed by atoms with Gasteiger partial charge in [0.25, 0.3) is 5.56 Å². The van der Waals surface area contributed by atoms with Crippen molar-refractivity contribution < 1.29 is 17.9 Å². The molecule has 0 aliphatic rings. The molecule has 0 amide bonds. The molecule has 0 fully saturated rings. The van der Waals surface area contributed by atoms with Gasteiger partial charge < -0.3 is 15.8 Å². The van der Waals surface area contributed by atoms with E-state index in [1.165, 1.54) is 7.11 Å². The smallest absolute Gasteiger partial charge is 0.383 e. The lowest BCUT2D eigenvalue weighted by molar-refractivity contribution is -0.131. The summed E-state index contributed by atoms with van der Waals surface area (Å²) in [6, 6.07) is 0. The topological polar surface area (TPSA) is 102 Å². The van der Waals surface area contributed by atoms with Gasteiger partial charge >= 0.3 is 11.9 Å². The van der Waals surface area contributed by atoms with E-state index >= 15 is 0 Å². The van der Waals surface area contributed by atoms with Crippen LogP contribution in [0.2, 0.25) is 0 Å². The molecule has 0 unspecified atom stereocenters. The molecule has 0 aromatic carbocycles. The molecule has 0 aliphatic carbocycles. The van der Waals surface area contributed by atoms with Crippen LogP contribution in [0, 0.1) is 0 Å². The zero-order valence-corrected chi connectivity index (χ0v) is 10.7. The van der Waals surface area contributed by atoms with Crippen molar-refractivity contribution in [1.82, 2.24) is 9.55 Å². The summed E-state index contributed by atoms with van der Waals surface area (Å²) in [7, 11) is 1.41. The first-order valence-corrected chi connectivity index (χ1v) is 5.68. The highest BCUT2D eigenvalue weighted by molar-refractivity contribution is 5.60. The molecule has 0 bridgehead atoms. The Morgan fingerprint density at radius 2 is 2.05 bits per heavy atom. The Hall–Kier alpha value is -1.97. The van der Waals surface area contributed by atoms with Gasteiger partial charge in [-0.2, -0.15) is 13.2 Å². The molecule has 0 atom stereocenters. The van der Waals surface area contributed by atoms with Gasteiger partial charge in [0.05, 0.1) is 19.6 Å². The second-order valence-corrected chi connectivity index (χ2v) is 3.96. The third-order valence-electron chi connectivity index (χ3n) is 2.47. The Kier molecular flexibility index (Phi) is 5.19. The Labute approximate surface area is 111 Å². The number of nitrogens with zero attached hydrogens (tertiary/aromatic N) is 1. The number of rotatable bonds is 6. The molecule has 7 nitrogen and oxygen atoms in total. The van der Waals surface area contributed by atoms with Crippen molar-refractivity contribution in [2.75, 3.05) is 31.3 Å². The number of ether oxygens (including phenoxy) is 1. The van der Waals surface area contributed by atoms with Crippen molar-refractivity contribution in [3.63, 3.8) is 0 Å². The molecule has 1 aromatic rings. The van der Waals surface area contributed by atoms with E-state index in [0.29, 0.717) is 0 Å². The highest BCUT2D eigenvalue weighted by atomic mass is 19.4. The van der Waals surface area contributed by atoms with Crippen LogP contribution in [-0.4, -0.2) is 36.0 Å². The van der Waals surface area contributed by atoms with E-state index in [2.05, 4.69) is 5.32 Å². The molecule has 1 rings (SSSR count). The predicted molar refractivity (Wildman–Crippen MR) is 66.8 cm³/mol. The third-order valence-corrected chi connectivity index (χ3v) is 2.47. The van der Waals surface area contributed by atoms with E-state index in [9.17, 15) is 22.8 Å². The van der Waals surface area contributed by atoms with Gasteiger partial charge in [0.2, 0.25) is 0 Å². The highest BCUT2D eigenvalue weighted by Crippen LogP contribution is 2.19. The average Bonchev–Trinajstić information content (AvgIpc) is 2.31. The van der Waals surface area contributed by atoms with E-state index in [-0.39, 0.29) is 24.7 Å². The number of nitrogen functional groups attached to an aromatic ring is 1. The van der Waals surface area contributed by atoms with Crippen LogP contribution in [0.25, 0.3) is 0 Å². The van der Waals surface area contributed by atoms with Gasteiger partial charge in [0.1, 0.15) is 11.5 Å². The molecule has 0 spiro atoms. The van der Waals surface area contributed by atoms with E-state index in [1.54, 1.807) is 0 Å². The summed E-state index contributed by atoms with van der Waals surface area (Å²) in [6.07, 6.45) is -5.47. The summed E-state index contributed by atoms with van der Waals surface area (Å²) in [6.45, 7) is -0.275. The molecular weight excluding hydrogens is 281 g/mol. The Morgan fingerprint density at radius 3 is 2.60 bits per heavy atom. The first-order chi connectivity index (χ1) is 9.26. The fraction of sp³-hybridized carbons (Fsp3) is 0.600. The largest absolute Gasteiger partial charge is 0.390 e. The number of alkyl halides is 3. The lowest BCUT2D eigenvalue weighted by atomic mass is 10.3. The van der Waals surface area contributed by atoms with Crippen LogP contribution in [0.3, 0.4) is 0 Å². The monoisotopic (exact) mass is 296 g/mol. The summed E-state index contributed by atoms with van der Waals surface area (Å²) in [5.74, 6) is -0.224. The van der Waals surface area contributed by atoms with Gasteiger partial charge in [0.15, 0.2) is 0 Å². The van der Waals surface area contributed by atoms with Crippen LogP contribution in [0.15, 0.2) is 9.59 Å². The van der Waals surface area contributed by atoms with E-state index in [4.69, 9.17) is 10.5 Å². The van der Waals surface area contributed by atoms with Gasteiger partial charge in [-0.1, -0.05) is 0 Å². The number of aromatic nitrogens is 2. The maximum absolute atomic E-state index is 12.0. The zero-order chi connectivity index (χ0) is 15.3. The summed E-state index contributed by atoms with van der Waals surface area (Å²) < 4.78 is 41.9. The van der Waals surface area contributed by atoms with Crippen molar-refractivity contribution >= 4 is 11.5 Å². The normalized spacial score (nSPS) is 11.6. The zero-order valence-electron chi connectivity index (χ0n) is 10.7. The van der Waals surface area contributed by atoms with E-state index < -0.39 is 30.4 Å². The quantitative estimate of drug-likeness (QED) is 0.692. The number of H-pyrrole nitrogens is 1. The van der Waals surface area contributed by atoms with Crippen molar-refractivity contribution in [3.8, 4) is 0 Å². The lowest BCUT2D eigenvalue weighted by Crippen LogP contribution is -2.35. The van der Waals surface area contributed by atoms with Crippen LogP contribution < -0.4 is 22.3 Å². The van der Waals surface area contributed by atoms with Gasteiger partial charge in [-0.3, -0.25) is 14.3 Å². The third kappa shape index (κ3) is 4.30. The SMILES string of the molecule is COCCn1c(N)c(NCCC(F)(F)F)c(=O)[nH]c1=O. The van der Waals surface area contributed by atoms with Gasteiger partial charge in [-0.15, -0.1) is 0 Å². The summed E-state index contributed by atoms with van der Waals surface area (Å²) in [5, 5.41) is 2.29. The minimum absolute atomic E-state index is 0.0753. The maximum Gasteiger partial charge on any atom is 0.390 e. The van der Waals surface area contributed by atoms with Crippen molar-refractivity contribution in [1.29, 1.82) is 0 Å². The van der Waals surface area contributed by atoms with Gasteiger partial charge in [-0.05, 0) is 0 Å². The second kappa shape index (κ2) is 6.46. The molecule has 0 radical (unpaired) electrons. The fourth-order valence-corrected chi connectivity index (χ4v) is 1.49. The standard InChI is InChI=1S/C10H15F3N4O3/c1-20-5-4-17-7(14)6(8(18)16-9(17)19)15-3-2-10(11,12)13/h15H,2-5,14H2,1H3,(H,16,18,19). The van der Waals surface area contributed by atoms with Crippen LogP contribution in [-0.2, 0) is 11.3 Å². The number of anilines is 2. The molecule has 1 heterocycles. The minimum atomic E-state index is -4.35. The molecule has 0 saturated carbocycles. The summed E-state index contributed by atoms with van der Waals surface area (Å²) in [4.78, 5) is 25.0. The second-order valence-electron chi connectivity index (χ2n) is 3.96. The summed E-state index contributed by atoms with van der Waals surface area (Å²) >= 11 is 0. The Morgan fingerprint density at radius 1 is 1.40 bits per heavy atom. The number of nitrogens with one attached hydrogen (secondary N) is 2. The van der Waals surface area contributed by atoms with Gasteiger partial charge in [0, 0.05) is 13.7 Å². The van der Waals surface area contributed by atoms with E-state index in [0.717, 1.165) is 4.57 Å². The molecule has 114 valence electrons. The average molecular weight is 296 g/mol. The molecule has 0 aliphatic heterocycles. The summed E-state index contributed by atoms with van der Waals surface area (Å²) in [5.41, 5.74) is 3.76. The molecule has 20 heavy (non-hydrogen) atoms. The van der Waals surface area contributed by atoms with E-state index in [1.807, 2.05) is 4.98 Å². The number of methoxy groups -OCH3 is 1. The Balaban J connectivity index is 2.96. The predicted octanol–water partition coefficient (Wildman–Crippen LogP) is 0.129. The van der Waals surface area contributed by atoms with Crippen LogP contribution in [0.1, 0.15) is 6.42 Å². The van der Waals surface area contributed by atoms with Crippen LogP contribution in [0.4, 0.5) is 24.7 Å². The van der Waals surface area contributed by atoms with Gasteiger partial charge in [-0.25, -0.2) is 4.79 Å². The molecule has 4 N–H and O–H groups in total. The fourth-order valence-electron chi connectivity index (χ4n) is 1.49. The minimum Gasteiger partial charge on any atom is -0.383 e. The molecule has 1 aromatic heterocycles. The first-order valence-electron chi connectivity index (χ1n) is 5.68. The lowest BCUT2D eigenvalue weighted by Gasteiger charge is -2.14. The molecule has 0 saturated heterocycles. The number of nitrogens with two attached hydrogens (primary N) is 1. The highest BCUT2D eigenvalue weighted by Gasteiger charge is 2.26. The number of hydrogen-bond acceptors (Lipinski definition) is 5. The molecular formula is C10H15F3N4O3.